The van der Waals surface area contributed by atoms with Crippen LogP contribution in [-0.4, -0.2) is 16.0 Å². The lowest BCUT2D eigenvalue weighted by Crippen LogP contribution is -1.89. The molecule has 0 aliphatic heterocycles. The lowest BCUT2D eigenvalue weighted by atomic mass is 10.2. The molecule has 0 aromatic carbocycles. The molecule has 0 saturated carbocycles. The van der Waals surface area contributed by atoms with Gasteiger partial charge in [-0.25, -0.2) is 4.99 Å². The molecule has 3 heteroatoms. The molecule has 1 aromatic heterocycles. The highest BCUT2D eigenvalue weighted by atomic mass is 15.3. The van der Waals surface area contributed by atoms with E-state index in [1.54, 1.807) is 17.0 Å². The maximum Gasteiger partial charge on any atom is 0.153 e. The van der Waals surface area contributed by atoms with Crippen LogP contribution >= 0.6 is 0 Å². The van der Waals surface area contributed by atoms with Crippen LogP contribution < -0.4 is 0 Å². The van der Waals surface area contributed by atoms with Gasteiger partial charge in [0.1, 0.15) is 0 Å². The lowest BCUT2D eigenvalue weighted by Gasteiger charge is -1.96. The molecule has 0 atom stereocenters. The summed E-state index contributed by atoms with van der Waals surface area (Å²) in [6, 6.07) is 0. The minimum Gasteiger partial charge on any atom is -0.250 e. The summed E-state index contributed by atoms with van der Waals surface area (Å²) in [6.45, 7) is 7.70. The third-order valence-electron chi connectivity index (χ3n) is 1.97. The van der Waals surface area contributed by atoms with E-state index in [2.05, 4.69) is 23.6 Å². The Balaban J connectivity index is 3.16. The molecular formula is C10H15N3. The number of nitrogens with zero attached hydrogens (tertiary/aromatic N) is 3. The van der Waals surface area contributed by atoms with Crippen molar-refractivity contribution < 1.29 is 0 Å². The Morgan fingerprint density at radius 2 is 2.31 bits per heavy atom. The molecule has 0 unspecified atom stereocenters. The van der Waals surface area contributed by atoms with Crippen LogP contribution in [0.15, 0.2) is 17.6 Å². The van der Waals surface area contributed by atoms with Crippen LogP contribution in [0.5, 0.6) is 0 Å². The Labute approximate surface area is 78.8 Å². The first-order valence-electron chi connectivity index (χ1n) is 4.38. The zero-order valence-corrected chi connectivity index (χ0v) is 8.41. The molecule has 0 spiro atoms. The fourth-order valence-corrected chi connectivity index (χ4v) is 1.39. The van der Waals surface area contributed by atoms with Crippen molar-refractivity contribution in [3.8, 4) is 0 Å². The van der Waals surface area contributed by atoms with E-state index in [1.165, 1.54) is 5.56 Å². The first kappa shape index (κ1) is 9.71. The third kappa shape index (κ3) is 1.86. The van der Waals surface area contributed by atoms with Gasteiger partial charge in [0, 0.05) is 18.8 Å². The Bertz CT molecular complexity index is 334. The Kier molecular flexibility index (Phi) is 3.01. The van der Waals surface area contributed by atoms with Crippen LogP contribution in [0.25, 0.3) is 0 Å². The summed E-state index contributed by atoms with van der Waals surface area (Å²) in [7, 11) is 1.90. The summed E-state index contributed by atoms with van der Waals surface area (Å²) in [5.41, 5.74) is 2.27. The molecule has 3 nitrogen and oxygen atoms in total. The normalized spacial score (nSPS) is 11.0. The first-order valence-corrected chi connectivity index (χ1v) is 4.38. The third-order valence-corrected chi connectivity index (χ3v) is 1.97. The zero-order valence-electron chi connectivity index (χ0n) is 8.41. The van der Waals surface area contributed by atoms with Gasteiger partial charge in [-0.2, -0.15) is 5.10 Å². The monoisotopic (exact) mass is 177 g/mol. The van der Waals surface area contributed by atoms with Crippen molar-refractivity contribution in [2.24, 2.45) is 12.0 Å². The Morgan fingerprint density at radius 1 is 1.62 bits per heavy atom. The fraction of sp³-hybridized carbons (Fsp3) is 0.400. The second-order valence-corrected chi connectivity index (χ2v) is 2.88. The summed E-state index contributed by atoms with van der Waals surface area (Å²) in [5.74, 6) is 0.930. The molecule has 0 amide bonds. The van der Waals surface area contributed by atoms with Crippen LogP contribution in [0.1, 0.15) is 18.2 Å². The van der Waals surface area contributed by atoms with E-state index >= 15 is 0 Å². The maximum absolute atomic E-state index is 4.30. The molecule has 0 fully saturated rings. The van der Waals surface area contributed by atoms with Gasteiger partial charge in [-0.3, -0.25) is 4.68 Å². The second-order valence-electron chi connectivity index (χ2n) is 2.88. The average molecular weight is 177 g/mol. The predicted octanol–water partition coefficient (Wildman–Crippen LogP) is 2.18. The standard InChI is InChI=1S/C10H15N3/c1-5-7-11-10-9(6-2)8(3)12-13(10)4/h5,7H,1,6H2,2-4H3/b11-7-. The number of hydrogen-bond acceptors (Lipinski definition) is 2. The van der Waals surface area contributed by atoms with Gasteiger partial charge in [-0.05, 0) is 13.3 Å². The predicted molar refractivity (Wildman–Crippen MR) is 55.7 cm³/mol. The van der Waals surface area contributed by atoms with E-state index in [1.807, 2.05) is 14.0 Å². The lowest BCUT2D eigenvalue weighted by molar-refractivity contribution is 0.759. The molecular weight excluding hydrogens is 162 g/mol. The van der Waals surface area contributed by atoms with Crippen LogP contribution in [-0.2, 0) is 13.5 Å². The summed E-state index contributed by atoms with van der Waals surface area (Å²) in [6.07, 6.45) is 4.32. The van der Waals surface area contributed by atoms with E-state index in [0.717, 1.165) is 17.9 Å². The van der Waals surface area contributed by atoms with Gasteiger partial charge < -0.3 is 0 Å². The van der Waals surface area contributed by atoms with Crippen molar-refractivity contribution in [3.63, 3.8) is 0 Å². The first-order chi connectivity index (χ1) is 6.20. The second kappa shape index (κ2) is 4.03. The van der Waals surface area contributed by atoms with Crippen molar-refractivity contribution in [1.82, 2.24) is 9.78 Å². The number of hydrogen-bond donors (Lipinski definition) is 0. The molecule has 0 radical (unpaired) electrons. The minimum atomic E-state index is 0.930. The van der Waals surface area contributed by atoms with Gasteiger partial charge in [0.2, 0.25) is 0 Å². The van der Waals surface area contributed by atoms with E-state index in [0.29, 0.717) is 0 Å². The Hall–Kier alpha value is -1.38. The molecule has 0 bridgehead atoms. The number of aliphatic imine (C=N–C) groups is 1. The topological polar surface area (TPSA) is 30.2 Å². The van der Waals surface area contributed by atoms with Crippen molar-refractivity contribution in [2.45, 2.75) is 20.3 Å². The highest BCUT2D eigenvalue weighted by Crippen LogP contribution is 2.21. The maximum atomic E-state index is 4.30. The molecule has 0 saturated heterocycles. The highest BCUT2D eigenvalue weighted by Gasteiger charge is 2.08. The van der Waals surface area contributed by atoms with E-state index in [9.17, 15) is 0 Å². The van der Waals surface area contributed by atoms with Crippen molar-refractivity contribution in [2.75, 3.05) is 0 Å². The molecule has 0 aliphatic carbocycles. The molecule has 0 aliphatic rings. The summed E-state index contributed by atoms with van der Waals surface area (Å²) in [5, 5.41) is 4.30. The summed E-state index contributed by atoms with van der Waals surface area (Å²) in [4.78, 5) is 4.27. The van der Waals surface area contributed by atoms with Crippen LogP contribution in [0.4, 0.5) is 5.82 Å². The molecule has 70 valence electrons. The molecule has 1 rings (SSSR count). The largest absolute Gasteiger partial charge is 0.250 e. The van der Waals surface area contributed by atoms with E-state index in [-0.39, 0.29) is 0 Å². The van der Waals surface area contributed by atoms with Crippen molar-refractivity contribution in [1.29, 1.82) is 0 Å². The van der Waals surface area contributed by atoms with Crippen molar-refractivity contribution >= 4 is 12.0 Å². The van der Waals surface area contributed by atoms with Crippen molar-refractivity contribution in [3.05, 3.63) is 23.9 Å². The smallest absolute Gasteiger partial charge is 0.153 e. The highest BCUT2D eigenvalue weighted by molar-refractivity contribution is 5.73. The fourth-order valence-electron chi connectivity index (χ4n) is 1.39. The van der Waals surface area contributed by atoms with Crippen LogP contribution in [0.2, 0.25) is 0 Å². The zero-order chi connectivity index (χ0) is 9.84. The SMILES string of the molecule is C=C/C=N\c1c(CC)c(C)nn1C. The molecule has 13 heavy (non-hydrogen) atoms. The number of aromatic nitrogens is 2. The van der Waals surface area contributed by atoms with E-state index < -0.39 is 0 Å². The van der Waals surface area contributed by atoms with Crippen LogP contribution in [0, 0.1) is 6.92 Å². The molecule has 0 N–H and O–H groups in total. The van der Waals surface area contributed by atoms with Gasteiger partial charge in [0.05, 0.1) is 5.69 Å². The summed E-state index contributed by atoms with van der Waals surface area (Å²) >= 11 is 0. The van der Waals surface area contributed by atoms with Gasteiger partial charge in [0.25, 0.3) is 0 Å². The van der Waals surface area contributed by atoms with Gasteiger partial charge in [-0.1, -0.05) is 19.6 Å². The van der Waals surface area contributed by atoms with Gasteiger partial charge in [-0.15, -0.1) is 0 Å². The van der Waals surface area contributed by atoms with Crippen LogP contribution in [0.3, 0.4) is 0 Å². The van der Waals surface area contributed by atoms with E-state index in [4.69, 9.17) is 0 Å². The molecule has 1 aromatic rings. The summed E-state index contributed by atoms with van der Waals surface area (Å²) < 4.78 is 1.80. The van der Waals surface area contributed by atoms with Gasteiger partial charge in [0.15, 0.2) is 5.82 Å². The average Bonchev–Trinajstić information content (AvgIpc) is 2.37. The number of rotatable bonds is 3. The Morgan fingerprint density at radius 3 is 2.85 bits per heavy atom. The van der Waals surface area contributed by atoms with Gasteiger partial charge >= 0.3 is 0 Å². The quantitative estimate of drug-likeness (QED) is 0.651. The number of aryl methyl sites for hydroxylation is 2. The number of allylic oxidation sites excluding steroid dienone is 1. The minimum absolute atomic E-state index is 0.930. The molecule has 1 heterocycles.